The van der Waals surface area contributed by atoms with Crippen molar-refractivity contribution in [1.29, 1.82) is 0 Å². The van der Waals surface area contributed by atoms with Gasteiger partial charge in [-0.15, -0.1) is 0 Å². The molecule has 5 heteroatoms. The monoisotopic (exact) mass is 257 g/mol. The normalized spacial score (nSPS) is 11.5. The molecule has 96 valence electrons. The Hall–Kier alpha value is -1.23. The fourth-order valence-electron chi connectivity index (χ4n) is 1.31. The van der Waals surface area contributed by atoms with Crippen molar-refractivity contribution in [2.45, 2.75) is 19.1 Å². The zero-order valence-electron chi connectivity index (χ0n) is 10.4. The van der Waals surface area contributed by atoms with Crippen LogP contribution in [0, 0.1) is 0 Å². The van der Waals surface area contributed by atoms with Crippen LogP contribution < -0.4 is 10.1 Å². The molecule has 4 nitrogen and oxygen atoms in total. The van der Waals surface area contributed by atoms with Crippen LogP contribution in [0.3, 0.4) is 0 Å². The largest absolute Gasteiger partial charge is 0.497 e. The van der Waals surface area contributed by atoms with Gasteiger partial charge in [-0.05, 0) is 26.0 Å². The van der Waals surface area contributed by atoms with Crippen molar-refractivity contribution < 1.29 is 13.2 Å². The third kappa shape index (κ3) is 4.26. The second-order valence-electron chi connectivity index (χ2n) is 4.07. The molecule has 0 unspecified atom stereocenters. The predicted molar refractivity (Wildman–Crippen MR) is 70.4 cm³/mol. The number of hydrogen-bond donors (Lipinski definition) is 1. The highest BCUT2D eigenvalue weighted by molar-refractivity contribution is 7.92. The maximum absolute atomic E-state index is 11.6. The SMILES string of the molecule is COc1cccc(NCCS(=O)(=O)C(C)C)c1. The van der Waals surface area contributed by atoms with Gasteiger partial charge in [0.1, 0.15) is 5.75 Å². The Bertz CT molecular complexity index is 455. The van der Waals surface area contributed by atoms with Crippen LogP contribution in [0.25, 0.3) is 0 Å². The van der Waals surface area contributed by atoms with Crippen LogP contribution in [-0.2, 0) is 9.84 Å². The Morgan fingerprint density at radius 1 is 1.35 bits per heavy atom. The molecule has 1 N–H and O–H groups in total. The van der Waals surface area contributed by atoms with Crippen LogP contribution in [0.4, 0.5) is 5.69 Å². The molecule has 0 heterocycles. The zero-order chi connectivity index (χ0) is 12.9. The first kappa shape index (κ1) is 13.8. The highest BCUT2D eigenvalue weighted by Crippen LogP contribution is 2.16. The van der Waals surface area contributed by atoms with Crippen LogP contribution >= 0.6 is 0 Å². The van der Waals surface area contributed by atoms with Gasteiger partial charge in [0.15, 0.2) is 9.84 Å². The highest BCUT2D eigenvalue weighted by atomic mass is 32.2. The topological polar surface area (TPSA) is 55.4 Å². The first-order valence-electron chi connectivity index (χ1n) is 5.55. The lowest BCUT2D eigenvalue weighted by Crippen LogP contribution is -2.22. The van der Waals surface area contributed by atoms with Gasteiger partial charge < -0.3 is 10.1 Å². The Morgan fingerprint density at radius 2 is 2.06 bits per heavy atom. The molecule has 0 amide bonds. The molecule has 0 saturated carbocycles. The summed E-state index contributed by atoms with van der Waals surface area (Å²) in [4.78, 5) is 0. The summed E-state index contributed by atoms with van der Waals surface area (Å²) in [6.07, 6.45) is 0. The van der Waals surface area contributed by atoms with Gasteiger partial charge in [0.05, 0.1) is 18.1 Å². The van der Waals surface area contributed by atoms with E-state index in [1.165, 1.54) is 0 Å². The van der Waals surface area contributed by atoms with Gasteiger partial charge in [0, 0.05) is 18.3 Å². The fraction of sp³-hybridized carbons (Fsp3) is 0.500. The lowest BCUT2D eigenvalue weighted by molar-refractivity contribution is 0.415. The summed E-state index contributed by atoms with van der Waals surface area (Å²) in [6, 6.07) is 7.42. The number of hydrogen-bond acceptors (Lipinski definition) is 4. The van der Waals surface area contributed by atoms with Crippen molar-refractivity contribution in [3.8, 4) is 5.75 Å². The van der Waals surface area contributed by atoms with Crippen LogP contribution in [0.15, 0.2) is 24.3 Å². The van der Waals surface area contributed by atoms with Crippen molar-refractivity contribution in [2.24, 2.45) is 0 Å². The summed E-state index contributed by atoms with van der Waals surface area (Å²) in [5, 5.41) is 2.75. The molecule has 0 aromatic heterocycles. The molecule has 0 saturated heterocycles. The first-order chi connectivity index (χ1) is 7.95. The first-order valence-corrected chi connectivity index (χ1v) is 7.27. The quantitative estimate of drug-likeness (QED) is 0.846. The van der Waals surface area contributed by atoms with Crippen molar-refractivity contribution in [3.05, 3.63) is 24.3 Å². The number of anilines is 1. The molecule has 1 rings (SSSR count). The van der Waals surface area contributed by atoms with E-state index in [9.17, 15) is 8.42 Å². The average molecular weight is 257 g/mol. The van der Waals surface area contributed by atoms with Gasteiger partial charge >= 0.3 is 0 Å². The van der Waals surface area contributed by atoms with E-state index in [2.05, 4.69) is 5.32 Å². The standard InChI is InChI=1S/C12H19NO3S/c1-10(2)17(14,15)8-7-13-11-5-4-6-12(9-11)16-3/h4-6,9-10,13H,7-8H2,1-3H3. The predicted octanol–water partition coefficient (Wildman–Crippen LogP) is 1.93. The highest BCUT2D eigenvalue weighted by Gasteiger charge is 2.14. The van der Waals surface area contributed by atoms with E-state index in [4.69, 9.17) is 4.74 Å². The number of sulfone groups is 1. The third-order valence-corrected chi connectivity index (χ3v) is 4.71. The van der Waals surface area contributed by atoms with Crippen LogP contribution in [0.5, 0.6) is 5.75 Å². The molecule has 0 aliphatic heterocycles. The Kier molecular flexibility index (Phi) is 4.81. The second kappa shape index (κ2) is 5.91. The second-order valence-corrected chi connectivity index (χ2v) is 6.75. The molecule has 1 aromatic rings. The van der Waals surface area contributed by atoms with E-state index in [-0.39, 0.29) is 11.0 Å². The molecule has 0 spiro atoms. The van der Waals surface area contributed by atoms with Crippen LogP contribution in [-0.4, -0.2) is 33.1 Å². The van der Waals surface area contributed by atoms with Crippen molar-refractivity contribution in [1.82, 2.24) is 0 Å². The molecule has 17 heavy (non-hydrogen) atoms. The summed E-state index contributed by atoms with van der Waals surface area (Å²) < 4.78 is 28.2. The summed E-state index contributed by atoms with van der Waals surface area (Å²) >= 11 is 0. The number of benzene rings is 1. The summed E-state index contributed by atoms with van der Waals surface area (Å²) in [5.41, 5.74) is 0.864. The molecular formula is C12H19NO3S. The van der Waals surface area contributed by atoms with Gasteiger partial charge in [-0.1, -0.05) is 6.07 Å². The summed E-state index contributed by atoms with van der Waals surface area (Å²) in [5.74, 6) is 0.892. The van der Waals surface area contributed by atoms with E-state index in [1.54, 1.807) is 21.0 Å². The summed E-state index contributed by atoms with van der Waals surface area (Å²) in [6.45, 7) is 3.80. The smallest absolute Gasteiger partial charge is 0.154 e. The molecule has 0 fully saturated rings. The number of rotatable bonds is 6. The van der Waals surface area contributed by atoms with Crippen LogP contribution in [0.2, 0.25) is 0 Å². The fourth-order valence-corrected chi connectivity index (χ4v) is 2.16. The Labute approximate surface area is 103 Å². The molecule has 0 aliphatic carbocycles. The third-order valence-electron chi connectivity index (χ3n) is 2.50. The lowest BCUT2D eigenvalue weighted by Gasteiger charge is -2.10. The van der Waals surface area contributed by atoms with Gasteiger partial charge in [0.2, 0.25) is 0 Å². The minimum atomic E-state index is -2.98. The number of methoxy groups -OCH3 is 1. The van der Waals surface area contributed by atoms with Gasteiger partial charge in [-0.25, -0.2) is 8.42 Å². The molecular weight excluding hydrogens is 238 g/mol. The van der Waals surface area contributed by atoms with E-state index in [0.717, 1.165) is 11.4 Å². The number of nitrogens with one attached hydrogen (secondary N) is 1. The Balaban J connectivity index is 2.51. The lowest BCUT2D eigenvalue weighted by atomic mass is 10.3. The molecule has 1 aromatic carbocycles. The van der Waals surface area contributed by atoms with Crippen molar-refractivity contribution in [2.75, 3.05) is 24.7 Å². The minimum Gasteiger partial charge on any atom is -0.497 e. The maximum atomic E-state index is 11.6. The van der Waals surface area contributed by atoms with E-state index in [1.807, 2.05) is 24.3 Å². The zero-order valence-corrected chi connectivity index (χ0v) is 11.3. The molecule has 0 radical (unpaired) electrons. The van der Waals surface area contributed by atoms with Gasteiger partial charge in [-0.2, -0.15) is 0 Å². The van der Waals surface area contributed by atoms with E-state index >= 15 is 0 Å². The van der Waals surface area contributed by atoms with Gasteiger partial charge in [-0.3, -0.25) is 0 Å². The Morgan fingerprint density at radius 3 is 2.65 bits per heavy atom. The van der Waals surface area contributed by atoms with E-state index in [0.29, 0.717) is 6.54 Å². The van der Waals surface area contributed by atoms with Crippen LogP contribution in [0.1, 0.15) is 13.8 Å². The average Bonchev–Trinajstić information content (AvgIpc) is 2.29. The molecule has 0 bridgehead atoms. The molecule has 0 aliphatic rings. The minimum absolute atomic E-state index is 0.141. The maximum Gasteiger partial charge on any atom is 0.154 e. The van der Waals surface area contributed by atoms with Crippen molar-refractivity contribution in [3.63, 3.8) is 0 Å². The van der Waals surface area contributed by atoms with Crippen molar-refractivity contribution >= 4 is 15.5 Å². The van der Waals surface area contributed by atoms with Gasteiger partial charge in [0.25, 0.3) is 0 Å². The molecule has 0 atom stereocenters. The number of ether oxygens (including phenoxy) is 1. The van der Waals surface area contributed by atoms with E-state index < -0.39 is 9.84 Å². The summed E-state index contributed by atoms with van der Waals surface area (Å²) in [7, 11) is -1.38.